The van der Waals surface area contributed by atoms with Crippen LogP contribution in [-0.2, 0) is 26.8 Å². The van der Waals surface area contributed by atoms with Gasteiger partial charge in [0, 0.05) is 72.6 Å². The Morgan fingerprint density at radius 3 is 2.04 bits per heavy atom. The second-order valence-corrected chi connectivity index (χ2v) is 15.6. The number of hydrogen-bond donors (Lipinski definition) is 1. The average molecular weight is 784 g/mol. The number of anilines is 4. The molecule has 0 aliphatic heterocycles. The summed E-state index contributed by atoms with van der Waals surface area (Å²) in [6, 6.07) is 36.6. The SMILES string of the molecule is CCN(Cc1cccc(S(=O)(=O)[O-])c1)c1ccc2nc3c4ccccc4c(Nc4ccc(N(CC)CC)c(S(=O)(=O)[O-])c4)cc3[n+](-c3ccccc3)c2c1.[Na+]. The fourth-order valence-electron chi connectivity index (χ4n) is 7.00. The Bertz CT molecular complexity index is 2770. The molecule has 1 N–H and O–H groups in total. The molecule has 0 amide bonds. The summed E-state index contributed by atoms with van der Waals surface area (Å²) in [6.45, 7) is 7.86. The van der Waals surface area contributed by atoms with Gasteiger partial charge in [-0.15, -0.1) is 4.57 Å². The molecule has 6 aromatic carbocycles. The number of fused-ring (bicyclic) bond motifs is 4. The van der Waals surface area contributed by atoms with Gasteiger partial charge in [-0.2, -0.15) is 0 Å². The number of aromatic nitrogens is 2. The monoisotopic (exact) mass is 783 g/mol. The van der Waals surface area contributed by atoms with Crippen molar-refractivity contribution in [3.63, 3.8) is 0 Å². The molecule has 55 heavy (non-hydrogen) atoms. The minimum Gasteiger partial charge on any atom is -0.744 e. The Morgan fingerprint density at radius 1 is 0.673 bits per heavy atom. The van der Waals surface area contributed by atoms with Gasteiger partial charge in [-0.1, -0.05) is 54.6 Å². The van der Waals surface area contributed by atoms with Crippen LogP contribution >= 0.6 is 0 Å². The van der Waals surface area contributed by atoms with Crippen LogP contribution in [0, 0.1) is 0 Å². The Labute approximate surface area is 343 Å². The average Bonchev–Trinajstić information content (AvgIpc) is 3.16. The van der Waals surface area contributed by atoms with Crippen molar-refractivity contribution in [2.45, 2.75) is 37.1 Å². The first-order valence-electron chi connectivity index (χ1n) is 17.6. The van der Waals surface area contributed by atoms with Crippen LogP contribution in [0.1, 0.15) is 26.3 Å². The van der Waals surface area contributed by atoms with Gasteiger partial charge in [0.15, 0.2) is 0 Å². The van der Waals surface area contributed by atoms with E-state index < -0.39 is 20.2 Å². The van der Waals surface area contributed by atoms with E-state index in [0.29, 0.717) is 48.8 Å². The second kappa shape index (κ2) is 16.2. The number of rotatable bonds is 12. The summed E-state index contributed by atoms with van der Waals surface area (Å²) in [7, 11) is -9.39. The summed E-state index contributed by atoms with van der Waals surface area (Å²) in [5, 5.41) is 5.15. The number of benzene rings is 6. The van der Waals surface area contributed by atoms with Crippen molar-refractivity contribution in [2.75, 3.05) is 34.8 Å². The molecule has 276 valence electrons. The van der Waals surface area contributed by atoms with Crippen molar-refractivity contribution in [1.29, 1.82) is 0 Å². The second-order valence-electron chi connectivity index (χ2n) is 12.8. The Morgan fingerprint density at radius 2 is 1.36 bits per heavy atom. The van der Waals surface area contributed by atoms with Crippen LogP contribution in [0.25, 0.3) is 38.5 Å². The Hall–Kier alpha value is -4.60. The van der Waals surface area contributed by atoms with Gasteiger partial charge in [-0.3, -0.25) is 0 Å². The van der Waals surface area contributed by atoms with Crippen molar-refractivity contribution in [1.82, 2.24) is 4.98 Å². The smallest absolute Gasteiger partial charge is 0.744 e. The van der Waals surface area contributed by atoms with E-state index in [1.54, 1.807) is 24.3 Å². The molecule has 0 radical (unpaired) electrons. The van der Waals surface area contributed by atoms with Crippen LogP contribution in [0.3, 0.4) is 0 Å². The first-order valence-corrected chi connectivity index (χ1v) is 20.4. The molecule has 0 bridgehead atoms. The van der Waals surface area contributed by atoms with E-state index in [-0.39, 0.29) is 39.3 Å². The van der Waals surface area contributed by atoms with E-state index in [4.69, 9.17) is 4.98 Å². The van der Waals surface area contributed by atoms with E-state index >= 15 is 0 Å². The molecule has 0 saturated carbocycles. The van der Waals surface area contributed by atoms with Crippen LogP contribution < -0.4 is 49.2 Å². The maximum atomic E-state index is 12.5. The molecule has 0 aliphatic carbocycles. The molecular weight excluding hydrogens is 746 g/mol. The Balaban J connectivity index is 0.00000514. The zero-order valence-electron chi connectivity index (χ0n) is 30.9. The predicted octanol–water partition coefficient (Wildman–Crippen LogP) is 4.25. The normalized spacial score (nSPS) is 11.8. The van der Waals surface area contributed by atoms with Crippen molar-refractivity contribution in [2.24, 2.45) is 0 Å². The summed E-state index contributed by atoms with van der Waals surface area (Å²) in [5.41, 5.74) is 7.01. The van der Waals surface area contributed by atoms with Gasteiger partial charge in [0.05, 0.1) is 21.2 Å². The van der Waals surface area contributed by atoms with Gasteiger partial charge >= 0.3 is 29.6 Å². The maximum absolute atomic E-state index is 12.5. The molecule has 1 aromatic heterocycles. The largest absolute Gasteiger partial charge is 1.00 e. The van der Waals surface area contributed by atoms with Crippen LogP contribution in [0.15, 0.2) is 131 Å². The van der Waals surface area contributed by atoms with Gasteiger partial charge in [0.2, 0.25) is 16.7 Å². The summed E-state index contributed by atoms with van der Waals surface area (Å²) in [4.78, 5) is 8.56. The number of nitrogens with one attached hydrogen (secondary N) is 1. The third-order valence-corrected chi connectivity index (χ3v) is 11.3. The first-order chi connectivity index (χ1) is 25.9. The van der Waals surface area contributed by atoms with Crippen molar-refractivity contribution < 1.29 is 60.1 Å². The van der Waals surface area contributed by atoms with Crippen molar-refractivity contribution >= 4 is 75.8 Å². The molecule has 7 rings (SSSR count). The summed E-state index contributed by atoms with van der Waals surface area (Å²) >= 11 is 0. The molecule has 0 fully saturated rings. The fraction of sp³-hybridized carbons (Fsp3) is 0.171. The topological polar surface area (TPSA) is 150 Å². The van der Waals surface area contributed by atoms with Gasteiger partial charge in [-0.25, -0.2) is 21.8 Å². The molecule has 0 saturated heterocycles. The van der Waals surface area contributed by atoms with Crippen molar-refractivity contribution in [3.8, 4) is 5.69 Å². The third kappa shape index (κ3) is 8.19. The molecule has 11 nitrogen and oxygen atoms in total. The van der Waals surface area contributed by atoms with Crippen LogP contribution in [0.5, 0.6) is 0 Å². The number of para-hydroxylation sites is 1. The van der Waals surface area contributed by atoms with E-state index in [2.05, 4.69) is 14.8 Å². The quantitative estimate of drug-likeness (QED) is 0.0627. The van der Waals surface area contributed by atoms with Crippen LogP contribution in [0.4, 0.5) is 22.7 Å². The minimum atomic E-state index is -4.79. The maximum Gasteiger partial charge on any atom is 1.00 e. The molecule has 7 aromatic rings. The Kier molecular flexibility index (Phi) is 11.8. The molecule has 0 aliphatic rings. The zero-order valence-corrected chi connectivity index (χ0v) is 34.6. The number of hydrogen-bond acceptors (Lipinski definition) is 10. The van der Waals surface area contributed by atoms with Crippen molar-refractivity contribution in [3.05, 3.63) is 127 Å². The van der Waals surface area contributed by atoms with E-state index in [1.165, 1.54) is 18.2 Å². The van der Waals surface area contributed by atoms with Crippen LogP contribution in [0.2, 0.25) is 0 Å². The molecule has 0 unspecified atom stereocenters. The molecule has 0 spiro atoms. The molecule has 0 atom stereocenters. The summed E-state index contributed by atoms with van der Waals surface area (Å²) in [5.74, 6) is 0. The first kappa shape index (κ1) is 40.1. The zero-order chi connectivity index (χ0) is 38.2. The van der Waals surface area contributed by atoms with Gasteiger partial charge in [-0.05, 0) is 68.8 Å². The van der Waals surface area contributed by atoms with Gasteiger partial charge < -0.3 is 24.2 Å². The standard InChI is InChI=1S/C41H39N5O6S2.Na/c1-4-44(5-2)37-22-19-29(24-40(37)54(50,51)52)42-36-26-39-41(34-18-11-10-17-33(34)36)43-35-21-20-31(25-38(35)46(39)30-14-8-7-9-15-30)45(6-3)27-28-13-12-16-32(23-28)53(47,48)49;/h7-26H,4-6,27H2,1-3H3,(H2,47,48,49,50,51,52);/q;+1/p-1. The predicted molar refractivity (Wildman–Crippen MR) is 211 cm³/mol. The molecule has 14 heteroatoms. The molecular formula is C41H38N5NaO6S2. The van der Waals surface area contributed by atoms with Gasteiger partial charge in [0.25, 0.3) is 0 Å². The third-order valence-electron chi connectivity index (χ3n) is 9.60. The van der Waals surface area contributed by atoms with E-state index in [0.717, 1.165) is 44.2 Å². The minimum absolute atomic E-state index is 0. The van der Waals surface area contributed by atoms with E-state index in [1.807, 2.05) is 105 Å². The van der Waals surface area contributed by atoms with Crippen LogP contribution in [-0.4, -0.2) is 50.6 Å². The molecule has 1 heterocycles. The summed E-state index contributed by atoms with van der Waals surface area (Å²) < 4.78 is 74.8. The number of nitrogens with zero attached hydrogens (tertiary/aromatic N) is 4. The fourth-order valence-corrected chi connectivity index (χ4v) is 8.27. The van der Waals surface area contributed by atoms with E-state index in [9.17, 15) is 25.9 Å². The summed E-state index contributed by atoms with van der Waals surface area (Å²) in [6.07, 6.45) is 0. The van der Waals surface area contributed by atoms with Gasteiger partial charge in [0.1, 0.15) is 31.3 Å².